The number of carbonyl (C=O) groups is 2. The second-order valence-electron chi connectivity index (χ2n) is 11.1. The van der Waals surface area contributed by atoms with E-state index < -0.39 is 23.9 Å². The Hall–Kier alpha value is -3.86. The third kappa shape index (κ3) is 5.23. The number of aliphatic hydroxyl groups excluding tert-OH is 1. The van der Waals surface area contributed by atoms with Crippen molar-refractivity contribution in [1.29, 1.82) is 0 Å². The van der Waals surface area contributed by atoms with Crippen molar-refractivity contribution >= 4 is 28.6 Å². The van der Waals surface area contributed by atoms with Crippen molar-refractivity contribution < 1.29 is 40.5 Å². The molecule has 2 amide bonds. The number of amides is 2. The maximum atomic E-state index is 13.5. The highest BCUT2D eigenvalue weighted by Crippen LogP contribution is 2.52. The topological polar surface area (TPSA) is 111 Å². The molecule has 2 aromatic carbocycles. The van der Waals surface area contributed by atoms with Crippen molar-refractivity contribution in [3.63, 3.8) is 0 Å². The molecule has 1 aliphatic carbocycles. The maximum Gasteiger partial charge on any atom is 0.586 e. The molecule has 3 aromatic rings. The smallest absolute Gasteiger partial charge is 0.453 e. The number of ether oxygens (including phenoxy) is 3. The SMILES string of the molecule is COC(=O)NCC(O)Cn1c(C(C)(C)C)cc2cc(NC(=O)C3(c4ccc5c(c4)OC(F)(F)O5)CC3)ccc21.[HH].[HH]. The second-order valence-corrected chi connectivity index (χ2v) is 11.1. The minimum absolute atomic E-state index is 0. The van der Waals surface area contributed by atoms with Crippen LogP contribution in [0.2, 0.25) is 0 Å². The Labute approximate surface area is 227 Å². The zero-order valence-electron chi connectivity index (χ0n) is 22.1. The van der Waals surface area contributed by atoms with Gasteiger partial charge in [-0.1, -0.05) is 26.8 Å². The third-order valence-corrected chi connectivity index (χ3v) is 7.13. The van der Waals surface area contributed by atoms with Crippen LogP contribution in [0.5, 0.6) is 11.5 Å². The molecule has 5 rings (SSSR count). The number of nitrogens with one attached hydrogen (secondary N) is 2. The fraction of sp³-hybridized carbons (Fsp3) is 0.429. The molecule has 0 spiro atoms. The summed E-state index contributed by atoms with van der Waals surface area (Å²) in [6, 6.07) is 12.0. The second kappa shape index (κ2) is 9.41. The normalized spacial score (nSPS) is 17.5. The average Bonchev–Trinajstić information content (AvgIpc) is 3.51. The van der Waals surface area contributed by atoms with Crippen LogP contribution in [0.4, 0.5) is 19.3 Å². The van der Waals surface area contributed by atoms with E-state index in [4.69, 9.17) is 0 Å². The Bertz CT molecular complexity index is 1450. The number of hydrogen-bond acceptors (Lipinski definition) is 6. The van der Waals surface area contributed by atoms with Crippen molar-refractivity contribution in [2.24, 2.45) is 0 Å². The Morgan fingerprint density at radius 3 is 2.51 bits per heavy atom. The quantitative estimate of drug-likeness (QED) is 0.378. The predicted octanol–water partition coefficient (Wildman–Crippen LogP) is 5.14. The first-order chi connectivity index (χ1) is 18.3. The van der Waals surface area contributed by atoms with Gasteiger partial charge in [0.25, 0.3) is 0 Å². The first kappa shape index (κ1) is 26.7. The minimum atomic E-state index is -3.72. The predicted molar refractivity (Wildman–Crippen MR) is 143 cm³/mol. The fourth-order valence-corrected chi connectivity index (χ4v) is 4.98. The van der Waals surface area contributed by atoms with E-state index in [1.54, 1.807) is 12.1 Å². The lowest BCUT2D eigenvalue weighted by molar-refractivity contribution is -0.286. The number of alkyl halides is 2. The lowest BCUT2D eigenvalue weighted by Crippen LogP contribution is -2.35. The van der Waals surface area contributed by atoms with Gasteiger partial charge in [0.15, 0.2) is 11.5 Å². The first-order valence-corrected chi connectivity index (χ1v) is 12.7. The Balaban J connectivity index is 0.00000231. The molecule has 212 valence electrons. The number of aromatic nitrogens is 1. The van der Waals surface area contributed by atoms with Crippen LogP contribution in [0, 0.1) is 0 Å². The molecule has 0 radical (unpaired) electrons. The van der Waals surface area contributed by atoms with Crippen molar-refractivity contribution in [1.82, 2.24) is 9.88 Å². The van der Waals surface area contributed by atoms with Crippen LogP contribution in [0.1, 0.15) is 47.7 Å². The average molecular weight is 548 g/mol. The van der Waals surface area contributed by atoms with Crippen LogP contribution in [-0.2, 0) is 26.9 Å². The molecule has 0 bridgehead atoms. The van der Waals surface area contributed by atoms with E-state index in [1.165, 1.54) is 19.2 Å². The van der Waals surface area contributed by atoms with Crippen LogP contribution in [0.25, 0.3) is 10.9 Å². The monoisotopic (exact) mass is 547 g/mol. The van der Waals surface area contributed by atoms with E-state index in [9.17, 15) is 23.5 Å². The van der Waals surface area contributed by atoms with Gasteiger partial charge in [0.2, 0.25) is 5.91 Å². The van der Waals surface area contributed by atoms with Crippen LogP contribution in [0.3, 0.4) is 0 Å². The maximum absolute atomic E-state index is 13.5. The third-order valence-electron chi connectivity index (χ3n) is 7.13. The number of nitrogens with zero attached hydrogens (tertiary/aromatic N) is 1. The summed E-state index contributed by atoms with van der Waals surface area (Å²) < 4.78 is 42.5. The summed E-state index contributed by atoms with van der Waals surface area (Å²) >= 11 is 0. The number of hydrogen-bond donors (Lipinski definition) is 3. The molecule has 0 saturated heterocycles. The zero-order valence-corrected chi connectivity index (χ0v) is 22.1. The van der Waals surface area contributed by atoms with E-state index in [0.29, 0.717) is 24.1 Å². The molecule has 39 heavy (non-hydrogen) atoms. The molecule has 1 aromatic heterocycles. The molecule has 11 heteroatoms. The number of halogens is 2. The summed E-state index contributed by atoms with van der Waals surface area (Å²) in [5.41, 5.74) is 1.96. The molecule has 1 aliphatic heterocycles. The number of fused-ring (bicyclic) bond motifs is 2. The standard InChI is InChI=1S/C28H31F2N3O6.2H2/c1-26(2,3)23-12-16-11-18(6-7-20(16)33(23)15-19(34)14-31-25(36)37-4)32-24(35)27(9-10-27)17-5-8-21-22(13-17)39-28(29,30)38-21;;/h5-8,11-13,19,34H,9-10,14-15H2,1-4H3,(H,31,36)(H,32,35);2*1H. The van der Waals surface area contributed by atoms with Gasteiger partial charge in [-0.05, 0) is 54.8 Å². The minimum Gasteiger partial charge on any atom is -0.453 e. The number of anilines is 1. The molecule has 9 nitrogen and oxygen atoms in total. The first-order valence-electron chi connectivity index (χ1n) is 12.7. The molecule has 1 fully saturated rings. The van der Waals surface area contributed by atoms with E-state index in [2.05, 4.69) is 45.6 Å². The lowest BCUT2D eigenvalue weighted by Gasteiger charge is -2.24. The zero-order chi connectivity index (χ0) is 28.2. The van der Waals surface area contributed by atoms with E-state index in [-0.39, 0.29) is 38.8 Å². The number of methoxy groups -OCH3 is 1. The summed E-state index contributed by atoms with van der Waals surface area (Å²) in [4.78, 5) is 24.8. The van der Waals surface area contributed by atoms with Gasteiger partial charge in [0.1, 0.15) is 0 Å². The van der Waals surface area contributed by atoms with E-state index >= 15 is 0 Å². The fourth-order valence-electron chi connectivity index (χ4n) is 4.98. The Morgan fingerprint density at radius 1 is 1.13 bits per heavy atom. The lowest BCUT2D eigenvalue weighted by atomic mass is 9.92. The van der Waals surface area contributed by atoms with Gasteiger partial charge in [0.05, 0.1) is 25.2 Å². The van der Waals surface area contributed by atoms with Gasteiger partial charge in [0, 0.05) is 37.1 Å². The molecule has 1 atom stereocenters. The van der Waals surface area contributed by atoms with Crippen LogP contribution < -0.4 is 20.1 Å². The molecule has 3 N–H and O–H groups in total. The number of aliphatic hydroxyl groups is 1. The van der Waals surface area contributed by atoms with Crippen LogP contribution in [0.15, 0.2) is 42.5 Å². The van der Waals surface area contributed by atoms with Crippen molar-refractivity contribution in [3.05, 3.63) is 53.7 Å². The molecular weight excluding hydrogens is 512 g/mol. The van der Waals surface area contributed by atoms with Crippen molar-refractivity contribution in [3.8, 4) is 11.5 Å². The summed E-state index contributed by atoms with van der Waals surface area (Å²) in [7, 11) is 1.26. The molecule has 1 saturated carbocycles. The summed E-state index contributed by atoms with van der Waals surface area (Å²) in [6.07, 6.45) is -4.02. The number of rotatable bonds is 7. The van der Waals surface area contributed by atoms with Crippen molar-refractivity contribution in [2.45, 2.75) is 63.4 Å². The van der Waals surface area contributed by atoms with Gasteiger partial charge in [-0.15, -0.1) is 8.78 Å². The molecule has 2 aliphatic rings. The highest BCUT2D eigenvalue weighted by Gasteiger charge is 2.52. The Kier molecular flexibility index (Phi) is 6.45. The largest absolute Gasteiger partial charge is 0.586 e. The summed E-state index contributed by atoms with van der Waals surface area (Å²) in [5.74, 6) is -0.374. The van der Waals surface area contributed by atoms with Crippen molar-refractivity contribution in [2.75, 3.05) is 19.0 Å². The number of alkyl carbamates (subject to hydrolysis) is 1. The van der Waals surface area contributed by atoms with E-state index in [0.717, 1.165) is 16.6 Å². The highest BCUT2D eigenvalue weighted by molar-refractivity contribution is 6.02. The molecule has 2 heterocycles. The van der Waals surface area contributed by atoms with Gasteiger partial charge in [-0.3, -0.25) is 4.79 Å². The molecule has 1 unspecified atom stereocenters. The van der Waals surface area contributed by atoms with Crippen LogP contribution >= 0.6 is 0 Å². The molecular formula is C28H35F2N3O6. The van der Waals surface area contributed by atoms with E-state index in [1.807, 2.05) is 22.8 Å². The number of carbonyl (C=O) groups excluding carboxylic acids is 2. The summed E-state index contributed by atoms with van der Waals surface area (Å²) in [5, 5.41) is 16.9. The van der Waals surface area contributed by atoms with Gasteiger partial charge in [-0.2, -0.15) is 0 Å². The number of benzene rings is 2. The Morgan fingerprint density at radius 2 is 1.85 bits per heavy atom. The van der Waals surface area contributed by atoms with Gasteiger partial charge < -0.3 is 34.5 Å². The summed E-state index contributed by atoms with van der Waals surface area (Å²) in [6.45, 7) is 6.48. The van der Waals surface area contributed by atoms with Crippen LogP contribution in [-0.4, -0.2) is 47.7 Å². The van der Waals surface area contributed by atoms with Gasteiger partial charge in [-0.25, -0.2) is 4.79 Å². The highest BCUT2D eigenvalue weighted by atomic mass is 19.3. The van der Waals surface area contributed by atoms with Gasteiger partial charge >= 0.3 is 12.4 Å².